The number of rotatable bonds is 3. The van der Waals surface area contributed by atoms with Crippen LogP contribution < -0.4 is 5.73 Å². The van der Waals surface area contributed by atoms with E-state index in [9.17, 15) is 14.4 Å². The average molecular weight is 199 g/mol. The van der Waals surface area contributed by atoms with Crippen LogP contribution in [0.5, 0.6) is 0 Å². The summed E-state index contributed by atoms with van der Waals surface area (Å²) in [6.45, 7) is 0. The van der Waals surface area contributed by atoms with E-state index >= 15 is 0 Å². The van der Waals surface area contributed by atoms with Crippen LogP contribution in [0.3, 0.4) is 0 Å². The lowest BCUT2D eigenvalue weighted by molar-refractivity contribution is -0.143. The Morgan fingerprint density at radius 1 is 1.29 bits per heavy atom. The van der Waals surface area contributed by atoms with Gasteiger partial charge < -0.3 is 15.9 Å². The Morgan fingerprint density at radius 3 is 2.21 bits per heavy atom. The maximum atomic E-state index is 10.8. The monoisotopic (exact) mass is 199 g/mol. The predicted octanol–water partition coefficient (Wildman–Crippen LogP) is -0.653. The molecule has 0 fully saturated rings. The van der Waals surface area contributed by atoms with Gasteiger partial charge in [-0.05, 0) is 12.8 Å². The average Bonchev–Trinajstić information content (AvgIpc) is 2.46. The first-order valence-electron chi connectivity index (χ1n) is 3.94. The third-order valence-electron chi connectivity index (χ3n) is 2.18. The molecule has 1 rings (SSSR count). The second-order valence-electron chi connectivity index (χ2n) is 2.99. The molecular weight excluding hydrogens is 190 g/mol. The SMILES string of the molecule is NC(=O)C1=C(C(=O)O)C(C(=O)O)CC1. The van der Waals surface area contributed by atoms with E-state index in [1.54, 1.807) is 0 Å². The summed E-state index contributed by atoms with van der Waals surface area (Å²) in [7, 11) is 0. The molecule has 1 amide bonds. The Bertz CT molecular complexity index is 344. The van der Waals surface area contributed by atoms with Gasteiger partial charge in [0.2, 0.25) is 5.91 Å². The fourth-order valence-electron chi connectivity index (χ4n) is 1.56. The van der Waals surface area contributed by atoms with Gasteiger partial charge in [-0.1, -0.05) is 0 Å². The fraction of sp³-hybridized carbons (Fsp3) is 0.375. The molecule has 0 radical (unpaired) electrons. The molecule has 1 aliphatic rings. The fourth-order valence-corrected chi connectivity index (χ4v) is 1.56. The lowest BCUT2D eigenvalue weighted by Gasteiger charge is -2.05. The van der Waals surface area contributed by atoms with Crippen LogP contribution in [-0.4, -0.2) is 28.1 Å². The lowest BCUT2D eigenvalue weighted by Crippen LogP contribution is -2.21. The zero-order valence-electron chi connectivity index (χ0n) is 7.19. The number of carbonyl (C=O) groups excluding carboxylic acids is 1. The van der Waals surface area contributed by atoms with Gasteiger partial charge in [0, 0.05) is 5.57 Å². The summed E-state index contributed by atoms with van der Waals surface area (Å²) in [5, 5.41) is 17.4. The van der Waals surface area contributed by atoms with Crippen molar-refractivity contribution < 1.29 is 24.6 Å². The van der Waals surface area contributed by atoms with Crippen molar-refractivity contribution in [3.8, 4) is 0 Å². The number of carboxylic acid groups (broad SMARTS) is 2. The number of nitrogens with two attached hydrogens (primary N) is 1. The van der Waals surface area contributed by atoms with Crippen molar-refractivity contribution in [2.45, 2.75) is 12.8 Å². The van der Waals surface area contributed by atoms with E-state index < -0.39 is 23.8 Å². The van der Waals surface area contributed by atoms with E-state index in [1.165, 1.54) is 0 Å². The molecule has 0 spiro atoms. The highest BCUT2D eigenvalue weighted by Gasteiger charge is 2.37. The maximum Gasteiger partial charge on any atom is 0.332 e. The van der Waals surface area contributed by atoms with Crippen LogP contribution in [0.25, 0.3) is 0 Å². The van der Waals surface area contributed by atoms with Crippen molar-refractivity contribution >= 4 is 17.8 Å². The summed E-state index contributed by atoms with van der Waals surface area (Å²) in [4.78, 5) is 32.1. The number of hydrogen-bond acceptors (Lipinski definition) is 3. The molecule has 1 atom stereocenters. The van der Waals surface area contributed by atoms with Gasteiger partial charge in [0.1, 0.15) is 0 Å². The summed E-state index contributed by atoms with van der Waals surface area (Å²) < 4.78 is 0. The first-order valence-corrected chi connectivity index (χ1v) is 3.94. The minimum Gasteiger partial charge on any atom is -0.481 e. The number of amides is 1. The van der Waals surface area contributed by atoms with Crippen LogP contribution in [0.1, 0.15) is 12.8 Å². The summed E-state index contributed by atoms with van der Waals surface area (Å²) in [6, 6.07) is 0. The first kappa shape index (κ1) is 10.2. The van der Waals surface area contributed by atoms with E-state index in [2.05, 4.69) is 0 Å². The molecule has 4 N–H and O–H groups in total. The molecule has 0 aliphatic heterocycles. The van der Waals surface area contributed by atoms with Crippen LogP contribution in [0, 0.1) is 5.92 Å². The van der Waals surface area contributed by atoms with Gasteiger partial charge in [-0.25, -0.2) is 4.79 Å². The molecule has 0 saturated carbocycles. The smallest absolute Gasteiger partial charge is 0.332 e. The van der Waals surface area contributed by atoms with Crippen LogP contribution in [0.4, 0.5) is 0 Å². The molecule has 1 unspecified atom stereocenters. The van der Waals surface area contributed by atoms with Gasteiger partial charge in [-0.15, -0.1) is 0 Å². The normalized spacial score (nSPS) is 21.0. The van der Waals surface area contributed by atoms with Gasteiger partial charge in [0.25, 0.3) is 0 Å². The van der Waals surface area contributed by atoms with Gasteiger partial charge in [0.05, 0.1) is 11.5 Å². The van der Waals surface area contributed by atoms with E-state index in [4.69, 9.17) is 15.9 Å². The Labute approximate surface area is 79.0 Å². The van der Waals surface area contributed by atoms with Crippen LogP contribution >= 0.6 is 0 Å². The van der Waals surface area contributed by atoms with Crippen molar-refractivity contribution in [1.29, 1.82) is 0 Å². The number of carboxylic acids is 2. The topological polar surface area (TPSA) is 118 Å². The lowest BCUT2D eigenvalue weighted by atomic mass is 10.0. The van der Waals surface area contributed by atoms with Crippen molar-refractivity contribution in [3.05, 3.63) is 11.1 Å². The van der Waals surface area contributed by atoms with Gasteiger partial charge >= 0.3 is 11.9 Å². The van der Waals surface area contributed by atoms with E-state index in [-0.39, 0.29) is 24.0 Å². The highest BCUT2D eigenvalue weighted by Crippen LogP contribution is 2.32. The molecule has 76 valence electrons. The Morgan fingerprint density at radius 2 is 1.86 bits per heavy atom. The highest BCUT2D eigenvalue weighted by molar-refractivity contribution is 6.05. The van der Waals surface area contributed by atoms with Crippen molar-refractivity contribution in [2.75, 3.05) is 0 Å². The summed E-state index contributed by atoms with van der Waals surface area (Å²) in [6.07, 6.45) is 0.239. The van der Waals surface area contributed by atoms with Crippen molar-refractivity contribution in [2.24, 2.45) is 11.7 Å². The van der Waals surface area contributed by atoms with Gasteiger partial charge in [-0.2, -0.15) is 0 Å². The molecule has 0 aromatic heterocycles. The Hall–Kier alpha value is -1.85. The Balaban J connectivity index is 3.15. The van der Waals surface area contributed by atoms with Crippen molar-refractivity contribution in [1.82, 2.24) is 0 Å². The van der Waals surface area contributed by atoms with Gasteiger partial charge in [0.15, 0.2) is 0 Å². The molecule has 1 aliphatic carbocycles. The first-order chi connectivity index (χ1) is 6.45. The molecular formula is C8H9NO5. The molecule has 14 heavy (non-hydrogen) atoms. The van der Waals surface area contributed by atoms with Crippen LogP contribution in [0.2, 0.25) is 0 Å². The zero-order chi connectivity index (χ0) is 10.9. The largest absolute Gasteiger partial charge is 0.481 e. The van der Waals surface area contributed by atoms with E-state index in [0.717, 1.165) is 0 Å². The minimum atomic E-state index is -1.39. The summed E-state index contributed by atoms with van der Waals surface area (Å²) in [5.74, 6) is -4.59. The molecule has 0 bridgehead atoms. The van der Waals surface area contributed by atoms with Crippen LogP contribution in [0.15, 0.2) is 11.1 Å². The molecule has 6 heteroatoms. The summed E-state index contributed by atoms with van der Waals surface area (Å²) >= 11 is 0. The number of primary amides is 1. The Kier molecular flexibility index (Phi) is 2.55. The maximum absolute atomic E-state index is 10.8. The second kappa shape index (κ2) is 3.49. The van der Waals surface area contributed by atoms with Gasteiger partial charge in [-0.3, -0.25) is 9.59 Å². The quantitative estimate of drug-likeness (QED) is 0.558. The molecule has 0 aromatic rings. The predicted molar refractivity (Wildman–Crippen MR) is 44.2 cm³/mol. The van der Waals surface area contributed by atoms with E-state index in [1.807, 2.05) is 0 Å². The third-order valence-corrected chi connectivity index (χ3v) is 2.18. The third kappa shape index (κ3) is 1.59. The molecule has 0 saturated heterocycles. The number of carbonyl (C=O) groups is 3. The minimum absolute atomic E-state index is 0.0788. The van der Waals surface area contributed by atoms with Crippen LogP contribution in [-0.2, 0) is 14.4 Å². The standard InChI is InChI=1S/C8H9NO5/c9-6(10)3-1-2-4(7(11)12)5(3)8(13)14/h4H,1-2H2,(H2,9,10)(H,11,12)(H,13,14). The number of aliphatic carboxylic acids is 2. The van der Waals surface area contributed by atoms with Crippen molar-refractivity contribution in [3.63, 3.8) is 0 Å². The number of hydrogen-bond donors (Lipinski definition) is 3. The molecule has 0 aromatic carbocycles. The summed E-state index contributed by atoms with van der Waals surface area (Å²) in [5.41, 5.74) is 4.49. The highest BCUT2D eigenvalue weighted by atomic mass is 16.4. The van der Waals surface area contributed by atoms with E-state index in [0.29, 0.717) is 0 Å². The zero-order valence-corrected chi connectivity index (χ0v) is 7.19. The molecule has 6 nitrogen and oxygen atoms in total. The second-order valence-corrected chi connectivity index (χ2v) is 2.99. The molecule has 0 heterocycles.